The van der Waals surface area contributed by atoms with E-state index in [0.717, 1.165) is 41.1 Å². The molecule has 4 nitrogen and oxygen atoms in total. The van der Waals surface area contributed by atoms with Crippen LogP contribution < -0.4 is 5.56 Å². The van der Waals surface area contributed by atoms with Gasteiger partial charge in [0.25, 0.3) is 5.56 Å². The minimum Gasteiger partial charge on any atom is -0.292 e. The number of benzene rings is 2. The van der Waals surface area contributed by atoms with Crippen LogP contribution in [0.5, 0.6) is 0 Å². The summed E-state index contributed by atoms with van der Waals surface area (Å²) in [6, 6.07) is 19.4. The zero-order valence-electron chi connectivity index (χ0n) is 15.1. The van der Waals surface area contributed by atoms with Crippen molar-refractivity contribution >= 4 is 0 Å². The summed E-state index contributed by atoms with van der Waals surface area (Å²) in [7, 11) is 0. The van der Waals surface area contributed by atoms with E-state index in [4.69, 9.17) is 0 Å². The molecule has 0 aliphatic carbocycles. The van der Waals surface area contributed by atoms with Crippen LogP contribution in [-0.4, -0.2) is 9.55 Å². The Hall–Kier alpha value is -3.19. The molecule has 0 N–H and O–H groups in total. The number of rotatable bonds is 5. The van der Waals surface area contributed by atoms with Crippen LogP contribution in [-0.2, 0) is 13.0 Å². The van der Waals surface area contributed by atoms with Crippen LogP contribution in [0.15, 0.2) is 59.4 Å². The highest BCUT2D eigenvalue weighted by Gasteiger charge is 2.08. The number of nitrogens with zero attached hydrogens (tertiary/aromatic N) is 3. The van der Waals surface area contributed by atoms with Crippen LogP contribution in [0.4, 0.5) is 0 Å². The van der Waals surface area contributed by atoms with Crippen molar-refractivity contribution < 1.29 is 0 Å². The number of hydrogen-bond acceptors (Lipinski definition) is 3. The zero-order valence-corrected chi connectivity index (χ0v) is 15.1. The number of hydrogen-bond donors (Lipinski definition) is 0. The molecule has 0 atom stereocenters. The third-order valence-corrected chi connectivity index (χ3v) is 4.34. The maximum Gasteiger partial charge on any atom is 0.254 e. The van der Waals surface area contributed by atoms with Crippen LogP contribution in [0.2, 0.25) is 0 Å². The minimum atomic E-state index is -0.0140. The molecule has 0 amide bonds. The van der Waals surface area contributed by atoms with Crippen molar-refractivity contribution in [2.24, 2.45) is 0 Å². The fraction of sp³-hybridized carbons (Fsp3) is 0.227. The summed E-state index contributed by atoms with van der Waals surface area (Å²) in [5.41, 5.74) is 4.35. The summed E-state index contributed by atoms with van der Waals surface area (Å²) in [6.45, 7) is 4.44. The van der Waals surface area contributed by atoms with Crippen LogP contribution in [0.1, 0.15) is 36.0 Å². The van der Waals surface area contributed by atoms with Crippen LogP contribution in [0.25, 0.3) is 11.1 Å². The Morgan fingerprint density at radius 3 is 2.54 bits per heavy atom. The van der Waals surface area contributed by atoms with E-state index in [2.05, 4.69) is 18.0 Å². The molecule has 0 fully saturated rings. The van der Waals surface area contributed by atoms with E-state index >= 15 is 0 Å². The molecule has 3 aromatic rings. The highest BCUT2D eigenvalue weighted by molar-refractivity contribution is 5.70. The molecule has 0 unspecified atom stereocenters. The Bertz CT molecular complexity index is 1010. The smallest absolute Gasteiger partial charge is 0.254 e. The van der Waals surface area contributed by atoms with Crippen molar-refractivity contribution in [2.75, 3.05) is 0 Å². The fourth-order valence-corrected chi connectivity index (χ4v) is 3.07. The first-order chi connectivity index (χ1) is 12.6. The lowest BCUT2D eigenvalue weighted by molar-refractivity contribution is 0.649. The monoisotopic (exact) mass is 343 g/mol. The average molecular weight is 343 g/mol. The van der Waals surface area contributed by atoms with E-state index < -0.39 is 0 Å². The van der Waals surface area contributed by atoms with Gasteiger partial charge in [0.1, 0.15) is 5.82 Å². The van der Waals surface area contributed by atoms with Gasteiger partial charge in [-0.1, -0.05) is 49.4 Å². The molecule has 26 heavy (non-hydrogen) atoms. The van der Waals surface area contributed by atoms with Crippen molar-refractivity contribution in [3.05, 3.63) is 87.6 Å². The highest BCUT2D eigenvalue weighted by Crippen LogP contribution is 2.23. The summed E-state index contributed by atoms with van der Waals surface area (Å²) >= 11 is 0. The lowest BCUT2D eigenvalue weighted by Crippen LogP contribution is -2.25. The van der Waals surface area contributed by atoms with E-state index in [1.807, 2.05) is 55.5 Å². The molecule has 130 valence electrons. The van der Waals surface area contributed by atoms with Gasteiger partial charge in [-0.15, -0.1) is 0 Å². The quantitative estimate of drug-likeness (QED) is 0.701. The third-order valence-electron chi connectivity index (χ3n) is 4.34. The molecular formula is C22H21N3O. The topological polar surface area (TPSA) is 58.7 Å². The van der Waals surface area contributed by atoms with Gasteiger partial charge in [0.05, 0.1) is 18.2 Å². The van der Waals surface area contributed by atoms with Gasteiger partial charge in [-0.3, -0.25) is 9.36 Å². The molecule has 0 radical (unpaired) electrons. The normalized spacial score (nSPS) is 10.5. The Morgan fingerprint density at radius 1 is 1.12 bits per heavy atom. The molecule has 1 heterocycles. The molecule has 0 spiro atoms. The molecule has 0 saturated carbocycles. The fourth-order valence-electron chi connectivity index (χ4n) is 3.07. The standard InChI is InChI=1S/C22H21N3O/c1-3-6-21-24-16(2)13-22(26)25(21)15-17-9-11-18(12-10-17)20-8-5-4-7-19(20)14-23/h4-5,7-13H,3,6,15H2,1-2H3. The van der Waals surface area contributed by atoms with Gasteiger partial charge in [-0.05, 0) is 36.1 Å². The highest BCUT2D eigenvalue weighted by atomic mass is 16.1. The van der Waals surface area contributed by atoms with Crippen molar-refractivity contribution in [1.29, 1.82) is 5.26 Å². The minimum absolute atomic E-state index is 0.0140. The third kappa shape index (κ3) is 3.73. The largest absolute Gasteiger partial charge is 0.292 e. The van der Waals surface area contributed by atoms with Crippen LogP contribution in [0.3, 0.4) is 0 Å². The predicted octanol–water partition coefficient (Wildman–Crippen LogP) is 4.09. The molecule has 1 aromatic heterocycles. The molecular weight excluding hydrogens is 322 g/mol. The molecule has 0 aliphatic rings. The van der Waals surface area contributed by atoms with Gasteiger partial charge in [-0.2, -0.15) is 5.26 Å². The molecule has 3 rings (SSSR count). The van der Waals surface area contributed by atoms with E-state index in [1.54, 1.807) is 10.6 Å². The first-order valence-electron chi connectivity index (χ1n) is 8.78. The summed E-state index contributed by atoms with van der Waals surface area (Å²) in [6.07, 6.45) is 1.73. The molecule has 0 aliphatic heterocycles. The number of aromatic nitrogens is 2. The van der Waals surface area contributed by atoms with Crippen molar-refractivity contribution in [3.8, 4) is 17.2 Å². The molecule has 0 bridgehead atoms. The van der Waals surface area contributed by atoms with E-state index in [9.17, 15) is 10.1 Å². The number of aryl methyl sites for hydroxylation is 2. The van der Waals surface area contributed by atoms with Gasteiger partial charge in [0, 0.05) is 18.2 Å². The summed E-state index contributed by atoms with van der Waals surface area (Å²) in [5.74, 6) is 0.830. The van der Waals surface area contributed by atoms with E-state index in [-0.39, 0.29) is 5.56 Å². The second kappa shape index (κ2) is 7.79. The van der Waals surface area contributed by atoms with Gasteiger partial charge in [-0.25, -0.2) is 4.98 Å². The second-order valence-electron chi connectivity index (χ2n) is 6.34. The Kier molecular flexibility index (Phi) is 5.28. The maximum atomic E-state index is 12.4. The van der Waals surface area contributed by atoms with Crippen molar-refractivity contribution in [3.63, 3.8) is 0 Å². The maximum absolute atomic E-state index is 12.4. The van der Waals surface area contributed by atoms with Gasteiger partial charge < -0.3 is 0 Å². The van der Waals surface area contributed by atoms with E-state index in [1.165, 1.54) is 0 Å². The van der Waals surface area contributed by atoms with Crippen LogP contribution >= 0.6 is 0 Å². The average Bonchev–Trinajstić information content (AvgIpc) is 2.65. The van der Waals surface area contributed by atoms with Gasteiger partial charge >= 0.3 is 0 Å². The second-order valence-corrected chi connectivity index (χ2v) is 6.34. The predicted molar refractivity (Wildman–Crippen MR) is 103 cm³/mol. The van der Waals surface area contributed by atoms with Crippen molar-refractivity contribution in [2.45, 2.75) is 33.2 Å². The molecule has 4 heteroatoms. The Balaban J connectivity index is 1.92. The first-order valence-corrected chi connectivity index (χ1v) is 8.78. The first kappa shape index (κ1) is 17.6. The van der Waals surface area contributed by atoms with Crippen LogP contribution in [0, 0.1) is 18.3 Å². The molecule has 2 aromatic carbocycles. The summed E-state index contributed by atoms with van der Waals surface area (Å²) < 4.78 is 1.74. The number of nitriles is 1. The van der Waals surface area contributed by atoms with E-state index in [0.29, 0.717) is 12.1 Å². The zero-order chi connectivity index (χ0) is 18.5. The summed E-state index contributed by atoms with van der Waals surface area (Å²) in [5, 5.41) is 9.27. The van der Waals surface area contributed by atoms with Gasteiger partial charge in [0.2, 0.25) is 0 Å². The Labute approximate surface area is 153 Å². The SMILES string of the molecule is CCCc1nc(C)cc(=O)n1Cc1ccc(-c2ccccc2C#N)cc1. The summed E-state index contributed by atoms with van der Waals surface area (Å²) in [4.78, 5) is 16.9. The molecule has 0 saturated heterocycles. The Morgan fingerprint density at radius 2 is 1.85 bits per heavy atom. The van der Waals surface area contributed by atoms with Crippen molar-refractivity contribution in [1.82, 2.24) is 9.55 Å². The lowest BCUT2D eigenvalue weighted by Gasteiger charge is -2.13. The van der Waals surface area contributed by atoms with Gasteiger partial charge in [0.15, 0.2) is 0 Å². The lowest BCUT2D eigenvalue weighted by atomic mass is 9.99.